The van der Waals surface area contributed by atoms with Crippen LogP contribution in [0.1, 0.15) is 44.9 Å². The molecule has 0 aromatic rings. The standard InChI is InChI=1S/C17H27N3/c1-19-17(10-18)2-3-20(12-17)11-16-7-13-4-14(8-16)6-15(5-13)9-16/h13-15,19H,2-9,11-12H2,1H3. The molecule has 1 aliphatic heterocycles. The van der Waals surface area contributed by atoms with E-state index in [1.807, 2.05) is 7.05 Å². The fraction of sp³-hybridized carbons (Fsp3) is 0.941. The maximum atomic E-state index is 9.42. The molecule has 0 aromatic carbocycles. The van der Waals surface area contributed by atoms with E-state index in [0.717, 1.165) is 37.3 Å². The Morgan fingerprint density at radius 2 is 1.75 bits per heavy atom. The lowest BCUT2D eigenvalue weighted by molar-refractivity contribution is -0.0668. The Labute approximate surface area is 122 Å². The van der Waals surface area contributed by atoms with Crippen molar-refractivity contribution in [2.75, 3.05) is 26.7 Å². The summed E-state index contributed by atoms with van der Waals surface area (Å²) in [6, 6.07) is 2.51. The Bertz CT molecular complexity index is 403. The van der Waals surface area contributed by atoms with Crippen molar-refractivity contribution in [2.24, 2.45) is 23.2 Å². The average molecular weight is 273 g/mol. The number of likely N-dealkylation sites (N-methyl/N-ethyl adjacent to an activating group) is 1. The third kappa shape index (κ3) is 2.00. The molecule has 1 unspecified atom stereocenters. The van der Waals surface area contributed by atoms with Gasteiger partial charge in [-0.3, -0.25) is 4.90 Å². The number of nitrogens with zero attached hydrogens (tertiary/aromatic N) is 2. The van der Waals surface area contributed by atoms with Crippen molar-refractivity contribution < 1.29 is 0 Å². The summed E-state index contributed by atoms with van der Waals surface area (Å²) in [7, 11) is 1.94. The molecule has 0 aromatic heterocycles. The van der Waals surface area contributed by atoms with Crippen LogP contribution in [0.15, 0.2) is 0 Å². The molecule has 4 saturated carbocycles. The molecule has 3 heteroatoms. The van der Waals surface area contributed by atoms with Crippen LogP contribution in [0, 0.1) is 34.5 Å². The van der Waals surface area contributed by atoms with Crippen LogP contribution in [-0.2, 0) is 0 Å². The van der Waals surface area contributed by atoms with E-state index in [9.17, 15) is 5.26 Å². The van der Waals surface area contributed by atoms with Gasteiger partial charge < -0.3 is 5.32 Å². The predicted molar refractivity (Wildman–Crippen MR) is 79.1 cm³/mol. The summed E-state index contributed by atoms with van der Waals surface area (Å²) in [4.78, 5) is 2.59. The topological polar surface area (TPSA) is 39.1 Å². The maximum Gasteiger partial charge on any atom is 0.120 e. The van der Waals surface area contributed by atoms with Gasteiger partial charge in [0.15, 0.2) is 0 Å². The monoisotopic (exact) mass is 273 g/mol. The predicted octanol–water partition coefficient (Wildman–Crippen LogP) is 2.39. The van der Waals surface area contributed by atoms with Crippen molar-refractivity contribution in [1.82, 2.24) is 10.2 Å². The summed E-state index contributed by atoms with van der Waals surface area (Å²) >= 11 is 0. The van der Waals surface area contributed by atoms with Gasteiger partial charge in [0, 0.05) is 19.6 Å². The van der Waals surface area contributed by atoms with E-state index in [-0.39, 0.29) is 5.54 Å². The van der Waals surface area contributed by atoms with Crippen LogP contribution in [0.25, 0.3) is 0 Å². The second-order valence-electron chi connectivity index (χ2n) is 8.32. The minimum absolute atomic E-state index is 0.276. The Hall–Kier alpha value is -0.590. The minimum Gasteiger partial charge on any atom is -0.301 e. The molecule has 110 valence electrons. The molecule has 5 rings (SSSR count). The summed E-state index contributed by atoms with van der Waals surface area (Å²) in [5.74, 6) is 3.11. The summed E-state index contributed by atoms with van der Waals surface area (Å²) < 4.78 is 0. The lowest BCUT2D eigenvalue weighted by Gasteiger charge is -2.57. The fourth-order valence-electron chi connectivity index (χ4n) is 6.33. The molecule has 1 heterocycles. The van der Waals surface area contributed by atoms with Crippen LogP contribution in [0.4, 0.5) is 0 Å². The van der Waals surface area contributed by atoms with Gasteiger partial charge in [0.1, 0.15) is 5.54 Å². The molecule has 0 spiro atoms. The van der Waals surface area contributed by atoms with Crippen LogP contribution in [0.2, 0.25) is 0 Å². The lowest BCUT2D eigenvalue weighted by Crippen LogP contribution is -2.52. The van der Waals surface area contributed by atoms with Crippen molar-refractivity contribution >= 4 is 0 Å². The van der Waals surface area contributed by atoms with Gasteiger partial charge in [-0.2, -0.15) is 5.26 Å². The van der Waals surface area contributed by atoms with Gasteiger partial charge >= 0.3 is 0 Å². The van der Waals surface area contributed by atoms with Gasteiger partial charge in [0.05, 0.1) is 6.07 Å². The maximum absolute atomic E-state index is 9.42. The zero-order valence-electron chi connectivity index (χ0n) is 12.7. The SMILES string of the molecule is CNC1(C#N)CCN(CC23CC4CC(CC(C4)C2)C3)C1. The number of hydrogen-bond acceptors (Lipinski definition) is 3. The Morgan fingerprint density at radius 1 is 1.15 bits per heavy atom. The van der Waals surface area contributed by atoms with Gasteiger partial charge in [-0.1, -0.05) is 0 Å². The molecule has 4 aliphatic carbocycles. The third-order valence-electron chi connectivity index (χ3n) is 6.76. The van der Waals surface area contributed by atoms with E-state index in [1.54, 1.807) is 0 Å². The van der Waals surface area contributed by atoms with Gasteiger partial charge in [0.2, 0.25) is 0 Å². The molecule has 3 nitrogen and oxygen atoms in total. The summed E-state index contributed by atoms with van der Waals surface area (Å²) in [5.41, 5.74) is 0.344. The highest BCUT2D eigenvalue weighted by molar-refractivity contribution is 5.13. The smallest absolute Gasteiger partial charge is 0.120 e. The highest BCUT2D eigenvalue weighted by atomic mass is 15.2. The number of likely N-dealkylation sites (tertiary alicyclic amines) is 1. The Morgan fingerprint density at radius 3 is 2.20 bits per heavy atom. The Kier molecular flexibility index (Phi) is 2.91. The largest absolute Gasteiger partial charge is 0.301 e. The van der Waals surface area contributed by atoms with E-state index in [2.05, 4.69) is 16.3 Å². The molecule has 4 bridgehead atoms. The third-order valence-corrected chi connectivity index (χ3v) is 6.76. The Balaban J connectivity index is 1.46. The van der Waals surface area contributed by atoms with Crippen molar-refractivity contribution in [1.29, 1.82) is 5.26 Å². The van der Waals surface area contributed by atoms with Crippen LogP contribution in [0.3, 0.4) is 0 Å². The quantitative estimate of drug-likeness (QED) is 0.858. The molecule has 1 atom stereocenters. The van der Waals surface area contributed by atoms with E-state index >= 15 is 0 Å². The van der Waals surface area contributed by atoms with Gasteiger partial charge in [-0.05, 0) is 75.2 Å². The van der Waals surface area contributed by atoms with Crippen molar-refractivity contribution in [3.05, 3.63) is 0 Å². The number of nitrogens with one attached hydrogen (secondary N) is 1. The first-order valence-electron chi connectivity index (χ1n) is 8.47. The van der Waals surface area contributed by atoms with Gasteiger partial charge in [-0.25, -0.2) is 0 Å². The summed E-state index contributed by atoms with van der Waals surface area (Å²) in [6.07, 6.45) is 10.0. The first kappa shape index (κ1) is 13.1. The molecule has 1 saturated heterocycles. The minimum atomic E-state index is -0.276. The molecule has 5 aliphatic rings. The van der Waals surface area contributed by atoms with Gasteiger partial charge in [-0.15, -0.1) is 0 Å². The molecule has 20 heavy (non-hydrogen) atoms. The summed E-state index contributed by atoms with van der Waals surface area (Å²) in [6.45, 7) is 3.31. The molecular formula is C17H27N3. The second kappa shape index (κ2) is 4.45. The molecule has 0 amide bonds. The van der Waals surface area contributed by atoms with Crippen LogP contribution < -0.4 is 5.32 Å². The average Bonchev–Trinajstić information content (AvgIpc) is 2.80. The lowest BCUT2D eigenvalue weighted by atomic mass is 9.49. The van der Waals surface area contributed by atoms with Crippen LogP contribution >= 0.6 is 0 Å². The zero-order valence-corrected chi connectivity index (χ0v) is 12.7. The molecule has 1 N–H and O–H groups in total. The zero-order chi connectivity index (χ0) is 13.8. The summed E-state index contributed by atoms with van der Waals surface area (Å²) in [5, 5.41) is 12.7. The highest BCUT2D eigenvalue weighted by Gasteiger charge is 2.52. The van der Waals surface area contributed by atoms with Crippen LogP contribution in [0.5, 0.6) is 0 Å². The number of hydrogen-bond donors (Lipinski definition) is 1. The van der Waals surface area contributed by atoms with Crippen molar-refractivity contribution in [3.8, 4) is 6.07 Å². The second-order valence-corrected chi connectivity index (χ2v) is 8.32. The molecule has 0 radical (unpaired) electrons. The number of rotatable bonds is 3. The van der Waals surface area contributed by atoms with E-state index < -0.39 is 0 Å². The first-order valence-corrected chi connectivity index (χ1v) is 8.47. The molecular weight excluding hydrogens is 246 g/mol. The van der Waals surface area contributed by atoms with Crippen molar-refractivity contribution in [3.63, 3.8) is 0 Å². The van der Waals surface area contributed by atoms with Gasteiger partial charge in [0.25, 0.3) is 0 Å². The fourth-order valence-corrected chi connectivity index (χ4v) is 6.33. The molecule has 5 fully saturated rings. The highest BCUT2D eigenvalue weighted by Crippen LogP contribution is 2.60. The number of nitriles is 1. The van der Waals surface area contributed by atoms with E-state index in [0.29, 0.717) is 5.41 Å². The van der Waals surface area contributed by atoms with E-state index in [4.69, 9.17) is 0 Å². The van der Waals surface area contributed by atoms with E-state index in [1.165, 1.54) is 45.1 Å². The first-order chi connectivity index (χ1) is 9.64. The normalized spacial score (nSPS) is 50.5. The van der Waals surface area contributed by atoms with Crippen LogP contribution in [-0.4, -0.2) is 37.1 Å². The van der Waals surface area contributed by atoms with Crippen molar-refractivity contribution in [2.45, 2.75) is 50.5 Å².